The molecule has 7 nitrogen and oxygen atoms in total. The standard InChI is InChI=1S/C14H21FN4O3S/c1-2-12-13(15)14(17-10-16-12)22-11-5-8-19(9-11)23(20,21)18-6-3-4-7-18/h10-11H,2-9H2,1H3/t11-/m0/s1. The van der Waals surface area contributed by atoms with Crippen molar-refractivity contribution in [1.82, 2.24) is 18.6 Å². The average molecular weight is 344 g/mol. The van der Waals surface area contributed by atoms with E-state index in [1.165, 1.54) is 14.9 Å². The van der Waals surface area contributed by atoms with Crippen LogP contribution in [0.2, 0.25) is 0 Å². The Hall–Kier alpha value is -1.32. The molecule has 2 aliphatic heterocycles. The fraction of sp³-hybridized carbons (Fsp3) is 0.714. The molecule has 2 fully saturated rings. The molecule has 0 radical (unpaired) electrons. The Morgan fingerprint density at radius 2 is 2.00 bits per heavy atom. The first-order chi connectivity index (χ1) is 11.0. The van der Waals surface area contributed by atoms with Crippen LogP contribution in [-0.4, -0.2) is 59.3 Å². The van der Waals surface area contributed by atoms with E-state index in [1.807, 2.05) is 0 Å². The van der Waals surface area contributed by atoms with E-state index in [1.54, 1.807) is 6.92 Å². The maximum Gasteiger partial charge on any atom is 0.282 e. The molecule has 23 heavy (non-hydrogen) atoms. The highest BCUT2D eigenvalue weighted by Gasteiger charge is 2.37. The molecule has 0 aliphatic carbocycles. The van der Waals surface area contributed by atoms with E-state index >= 15 is 0 Å². The number of nitrogens with zero attached hydrogens (tertiary/aromatic N) is 4. The minimum absolute atomic E-state index is 0.0951. The largest absolute Gasteiger partial charge is 0.471 e. The first-order valence-electron chi connectivity index (χ1n) is 7.93. The molecule has 3 heterocycles. The molecule has 2 saturated heterocycles. The van der Waals surface area contributed by atoms with Crippen molar-refractivity contribution in [1.29, 1.82) is 0 Å². The summed E-state index contributed by atoms with van der Waals surface area (Å²) < 4.78 is 47.6. The Morgan fingerprint density at radius 3 is 2.70 bits per heavy atom. The van der Waals surface area contributed by atoms with Crippen LogP contribution in [0.15, 0.2) is 6.33 Å². The Morgan fingerprint density at radius 1 is 1.26 bits per heavy atom. The zero-order chi connectivity index (χ0) is 16.4. The summed E-state index contributed by atoms with van der Waals surface area (Å²) in [5, 5.41) is 0. The molecule has 2 aliphatic rings. The molecule has 0 N–H and O–H groups in total. The molecule has 0 saturated carbocycles. The lowest BCUT2D eigenvalue weighted by Gasteiger charge is -2.23. The molecule has 0 amide bonds. The molecule has 0 spiro atoms. The van der Waals surface area contributed by atoms with Gasteiger partial charge in [0.15, 0.2) is 0 Å². The van der Waals surface area contributed by atoms with Gasteiger partial charge in [0.1, 0.15) is 12.4 Å². The quantitative estimate of drug-likeness (QED) is 0.796. The number of aromatic nitrogens is 2. The summed E-state index contributed by atoms with van der Waals surface area (Å²) in [5.41, 5.74) is 0.301. The molecular weight excluding hydrogens is 323 g/mol. The summed E-state index contributed by atoms with van der Waals surface area (Å²) in [6.45, 7) is 3.56. The zero-order valence-corrected chi connectivity index (χ0v) is 13.9. The van der Waals surface area contributed by atoms with Crippen molar-refractivity contribution in [2.24, 2.45) is 0 Å². The predicted octanol–water partition coefficient (Wildman–Crippen LogP) is 0.972. The van der Waals surface area contributed by atoms with Gasteiger partial charge < -0.3 is 4.74 Å². The van der Waals surface area contributed by atoms with E-state index in [9.17, 15) is 12.8 Å². The summed E-state index contributed by atoms with van der Waals surface area (Å²) in [5.74, 6) is -0.655. The fourth-order valence-corrected chi connectivity index (χ4v) is 4.70. The normalized spacial score (nSPS) is 23.5. The van der Waals surface area contributed by atoms with Gasteiger partial charge in [-0.25, -0.2) is 4.98 Å². The summed E-state index contributed by atoms with van der Waals surface area (Å²) in [6, 6.07) is 0. The molecule has 3 rings (SSSR count). The van der Waals surface area contributed by atoms with Crippen LogP contribution < -0.4 is 4.74 Å². The first kappa shape index (κ1) is 16.5. The molecule has 0 bridgehead atoms. The molecular formula is C14H21FN4O3S. The van der Waals surface area contributed by atoms with Gasteiger partial charge in [0.2, 0.25) is 5.82 Å². The Balaban J connectivity index is 1.66. The zero-order valence-electron chi connectivity index (χ0n) is 13.1. The summed E-state index contributed by atoms with van der Waals surface area (Å²) >= 11 is 0. The van der Waals surface area contributed by atoms with Gasteiger partial charge in [-0.1, -0.05) is 6.92 Å². The number of hydrogen-bond acceptors (Lipinski definition) is 5. The SMILES string of the molecule is CCc1ncnc(O[C@H]2CCN(S(=O)(=O)N3CCCC3)C2)c1F. The van der Waals surface area contributed by atoms with Gasteiger partial charge in [0.05, 0.1) is 12.2 Å². The van der Waals surface area contributed by atoms with E-state index < -0.39 is 16.0 Å². The first-order valence-corrected chi connectivity index (χ1v) is 9.33. The number of ether oxygens (including phenoxy) is 1. The van der Waals surface area contributed by atoms with E-state index in [-0.39, 0.29) is 18.5 Å². The van der Waals surface area contributed by atoms with Crippen molar-refractivity contribution >= 4 is 10.2 Å². The molecule has 0 unspecified atom stereocenters. The van der Waals surface area contributed by atoms with Crippen LogP contribution in [-0.2, 0) is 16.6 Å². The maximum absolute atomic E-state index is 14.1. The van der Waals surface area contributed by atoms with Gasteiger partial charge in [-0.05, 0) is 25.7 Å². The summed E-state index contributed by atoms with van der Waals surface area (Å²) in [4.78, 5) is 7.69. The second-order valence-corrected chi connectivity index (χ2v) is 7.72. The predicted molar refractivity (Wildman–Crippen MR) is 81.7 cm³/mol. The van der Waals surface area contributed by atoms with Gasteiger partial charge in [0, 0.05) is 19.6 Å². The lowest BCUT2D eigenvalue weighted by molar-refractivity contribution is 0.194. The Bertz CT molecular complexity index is 664. The number of rotatable bonds is 5. The molecule has 128 valence electrons. The van der Waals surface area contributed by atoms with Gasteiger partial charge in [0.25, 0.3) is 16.1 Å². The van der Waals surface area contributed by atoms with Crippen LogP contribution in [0.5, 0.6) is 5.88 Å². The van der Waals surface area contributed by atoms with Crippen molar-refractivity contribution in [2.75, 3.05) is 26.2 Å². The highest BCUT2D eigenvalue weighted by atomic mass is 32.2. The van der Waals surface area contributed by atoms with Gasteiger partial charge in [-0.2, -0.15) is 26.4 Å². The number of hydrogen-bond donors (Lipinski definition) is 0. The minimum Gasteiger partial charge on any atom is -0.471 e. The Kier molecular flexibility index (Phi) is 4.79. The minimum atomic E-state index is -3.43. The fourth-order valence-electron chi connectivity index (χ4n) is 2.96. The highest BCUT2D eigenvalue weighted by molar-refractivity contribution is 7.86. The number of aryl methyl sites for hydroxylation is 1. The van der Waals surface area contributed by atoms with Crippen LogP contribution in [0, 0.1) is 5.82 Å². The third kappa shape index (κ3) is 3.31. The Labute approximate surface area is 135 Å². The molecule has 1 aromatic rings. The second kappa shape index (κ2) is 6.66. The van der Waals surface area contributed by atoms with Crippen LogP contribution >= 0.6 is 0 Å². The van der Waals surface area contributed by atoms with Gasteiger partial charge in [-0.15, -0.1) is 0 Å². The molecule has 1 atom stereocenters. The second-order valence-electron chi connectivity index (χ2n) is 5.79. The lowest BCUT2D eigenvalue weighted by Crippen LogP contribution is -2.41. The van der Waals surface area contributed by atoms with Crippen LogP contribution in [0.25, 0.3) is 0 Å². The number of halogens is 1. The van der Waals surface area contributed by atoms with Crippen molar-refractivity contribution in [3.05, 3.63) is 17.8 Å². The van der Waals surface area contributed by atoms with E-state index in [2.05, 4.69) is 9.97 Å². The van der Waals surface area contributed by atoms with Gasteiger partial charge >= 0.3 is 0 Å². The maximum atomic E-state index is 14.1. The van der Waals surface area contributed by atoms with Gasteiger partial charge in [-0.3, -0.25) is 0 Å². The molecule has 0 aromatic carbocycles. The summed E-state index contributed by atoms with van der Waals surface area (Å²) in [6.07, 6.45) is 3.66. The van der Waals surface area contributed by atoms with Crippen LogP contribution in [0.1, 0.15) is 31.9 Å². The summed E-state index contributed by atoms with van der Waals surface area (Å²) in [7, 11) is -3.43. The van der Waals surface area contributed by atoms with E-state index in [0.29, 0.717) is 38.2 Å². The van der Waals surface area contributed by atoms with Crippen LogP contribution in [0.3, 0.4) is 0 Å². The van der Waals surface area contributed by atoms with Crippen molar-refractivity contribution in [2.45, 2.75) is 38.7 Å². The van der Waals surface area contributed by atoms with E-state index in [4.69, 9.17) is 4.74 Å². The third-order valence-corrected chi connectivity index (χ3v) is 6.27. The van der Waals surface area contributed by atoms with Crippen molar-refractivity contribution in [3.63, 3.8) is 0 Å². The molecule has 1 aromatic heterocycles. The highest BCUT2D eigenvalue weighted by Crippen LogP contribution is 2.24. The lowest BCUT2D eigenvalue weighted by atomic mass is 10.3. The smallest absolute Gasteiger partial charge is 0.282 e. The third-order valence-electron chi connectivity index (χ3n) is 4.27. The van der Waals surface area contributed by atoms with Crippen molar-refractivity contribution in [3.8, 4) is 5.88 Å². The topological polar surface area (TPSA) is 75.6 Å². The molecule has 9 heteroatoms. The average Bonchev–Trinajstić information content (AvgIpc) is 3.21. The van der Waals surface area contributed by atoms with Crippen LogP contribution in [0.4, 0.5) is 4.39 Å². The monoisotopic (exact) mass is 344 g/mol. The van der Waals surface area contributed by atoms with E-state index in [0.717, 1.165) is 12.8 Å². The van der Waals surface area contributed by atoms with Crippen molar-refractivity contribution < 1.29 is 17.5 Å².